The summed E-state index contributed by atoms with van der Waals surface area (Å²) in [5.41, 5.74) is 0. The zero-order chi connectivity index (χ0) is 10.6. The molecule has 0 aliphatic rings. The maximum Gasteiger partial charge on any atom is 0.303 e. The summed E-state index contributed by atoms with van der Waals surface area (Å²) in [6.45, 7) is 0. The van der Waals surface area contributed by atoms with E-state index >= 15 is 0 Å². The summed E-state index contributed by atoms with van der Waals surface area (Å²) in [5.74, 6) is 13.8. The number of carboxylic acids is 2. The highest BCUT2D eigenvalue weighted by molar-refractivity contribution is 5.75. The predicted octanol–water partition coefficient (Wildman–Crippen LogP) is -2.43. The van der Waals surface area contributed by atoms with Gasteiger partial charge in [0.2, 0.25) is 0 Å². The monoisotopic (exact) mass is 182 g/mol. The van der Waals surface area contributed by atoms with Crippen LogP contribution in [-0.4, -0.2) is 22.2 Å². The van der Waals surface area contributed by atoms with Crippen molar-refractivity contribution < 1.29 is 19.8 Å². The Morgan fingerprint density at radius 3 is 1.08 bits per heavy atom. The van der Waals surface area contributed by atoms with Gasteiger partial charge in [0.05, 0.1) is 12.8 Å². The van der Waals surface area contributed by atoms with Crippen LogP contribution in [0.2, 0.25) is 0 Å². The molecule has 0 bridgehead atoms. The van der Waals surface area contributed by atoms with Gasteiger partial charge in [-0.3, -0.25) is 33.0 Å². The maximum atomic E-state index is 9.64. The van der Waals surface area contributed by atoms with Gasteiger partial charge in [-0.2, -0.15) is 0 Å². The van der Waals surface area contributed by atoms with Crippen molar-refractivity contribution in [3.8, 4) is 0 Å². The van der Waals surface area contributed by atoms with E-state index in [0.717, 1.165) is 0 Å². The summed E-state index contributed by atoms with van der Waals surface area (Å²) in [4.78, 5) is 19.3. The quantitative estimate of drug-likeness (QED) is 0.206. The average molecular weight is 182 g/mol. The molecule has 0 aromatic rings. The second kappa shape index (κ2) is 16.4. The Morgan fingerprint density at radius 2 is 1.00 bits per heavy atom. The summed E-state index contributed by atoms with van der Waals surface area (Å²) in [6.07, 6.45) is -0.593. The van der Waals surface area contributed by atoms with E-state index in [2.05, 4.69) is 23.4 Å². The summed E-state index contributed by atoms with van der Waals surface area (Å²) in [6, 6.07) is 0. The van der Waals surface area contributed by atoms with Crippen molar-refractivity contribution in [2.75, 3.05) is 0 Å². The fraction of sp³-hybridized carbons (Fsp3) is 0.500. The number of rotatable bonds is 3. The van der Waals surface area contributed by atoms with Gasteiger partial charge in [-0.05, 0) is 0 Å². The summed E-state index contributed by atoms with van der Waals surface area (Å²) in [7, 11) is 0. The van der Waals surface area contributed by atoms with Crippen molar-refractivity contribution in [2.24, 2.45) is 23.4 Å². The van der Waals surface area contributed by atoms with E-state index in [1.165, 1.54) is 0 Å². The van der Waals surface area contributed by atoms with Gasteiger partial charge >= 0.3 is 11.9 Å². The first-order valence-electron chi connectivity index (χ1n) is 2.73. The van der Waals surface area contributed by atoms with Gasteiger partial charge in [0.1, 0.15) is 0 Å². The van der Waals surface area contributed by atoms with Gasteiger partial charge in [-0.1, -0.05) is 0 Å². The third-order valence-corrected chi connectivity index (χ3v) is 0.553. The lowest BCUT2D eigenvalue weighted by Crippen LogP contribution is -2.02. The van der Waals surface area contributed by atoms with Crippen molar-refractivity contribution in [3.05, 3.63) is 0 Å². The fourth-order valence-electron chi connectivity index (χ4n) is 0.214. The molecule has 0 aromatic carbocycles. The van der Waals surface area contributed by atoms with Crippen LogP contribution in [0.4, 0.5) is 0 Å². The van der Waals surface area contributed by atoms with Crippen molar-refractivity contribution in [2.45, 2.75) is 12.8 Å². The molecule has 10 N–H and O–H groups in total. The third kappa shape index (κ3) is 37.2. The highest BCUT2D eigenvalue weighted by Crippen LogP contribution is 1.85. The number of aliphatic carboxylic acids is 2. The van der Waals surface area contributed by atoms with Gasteiger partial charge in [-0.15, -0.1) is 0 Å². The molecule has 0 spiro atoms. The summed E-state index contributed by atoms with van der Waals surface area (Å²) in [5, 5.41) is 15.8. The number of carbonyl (C=O) groups is 2. The van der Waals surface area contributed by atoms with Gasteiger partial charge in [0.15, 0.2) is 0 Å². The lowest BCUT2D eigenvalue weighted by atomic mass is 10.3. The highest BCUT2D eigenvalue weighted by atomic mass is 16.4. The number of nitrogens with two attached hydrogens (primary N) is 4. The van der Waals surface area contributed by atoms with Crippen molar-refractivity contribution >= 4 is 11.9 Å². The lowest BCUT2D eigenvalue weighted by Gasteiger charge is -1.85. The molecule has 0 rings (SSSR count). The number of hydrazine groups is 2. The zero-order valence-electron chi connectivity index (χ0n) is 6.43. The Morgan fingerprint density at radius 1 is 0.833 bits per heavy atom. The summed E-state index contributed by atoms with van der Waals surface area (Å²) < 4.78 is 0. The molecule has 0 heterocycles. The molecule has 8 heteroatoms. The van der Waals surface area contributed by atoms with Crippen LogP contribution in [0.3, 0.4) is 0 Å². The molecule has 0 aliphatic carbocycles. The minimum Gasteiger partial charge on any atom is -0.481 e. The van der Waals surface area contributed by atoms with Crippen LogP contribution in [0.5, 0.6) is 0 Å². The molecule has 0 amide bonds. The number of hydrogen-bond acceptors (Lipinski definition) is 6. The van der Waals surface area contributed by atoms with Gasteiger partial charge in [0, 0.05) is 0 Å². The largest absolute Gasteiger partial charge is 0.481 e. The van der Waals surface area contributed by atoms with Crippen LogP contribution in [0.15, 0.2) is 0 Å². The molecule has 12 heavy (non-hydrogen) atoms. The van der Waals surface area contributed by atoms with Crippen molar-refractivity contribution in [1.82, 2.24) is 0 Å². The van der Waals surface area contributed by atoms with E-state index < -0.39 is 11.9 Å². The van der Waals surface area contributed by atoms with Gasteiger partial charge in [0.25, 0.3) is 0 Å². The molecule has 0 radical (unpaired) electrons. The van der Waals surface area contributed by atoms with Crippen LogP contribution < -0.4 is 23.4 Å². The van der Waals surface area contributed by atoms with E-state index in [0.29, 0.717) is 0 Å². The Balaban J connectivity index is -0.000000175. The Hall–Kier alpha value is -1.22. The predicted molar refractivity (Wildman–Crippen MR) is 41.3 cm³/mol. The van der Waals surface area contributed by atoms with E-state index in [-0.39, 0.29) is 12.8 Å². The molecule has 0 fully saturated rings. The maximum absolute atomic E-state index is 9.64. The Kier molecular flexibility index (Phi) is 23.3. The van der Waals surface area contributed by atoms with E-state index in [9.17, 15) is 9.59 Å². The first-order chi connectivity index (χ1) is 5.63. The molecular formula is C4H14N4O4. The second-order valence-electron chi connectivity index (χ2n) is 1.29. The van der Waals surface area contributed by atoms with Gasteiger partial charge in [-0.25, -0.2) is 0 Å². The molecule has 74 valence electrons. The SMILES string of the molecule is NN.NN.O=C(O)CCC(=O)O. The first-order valence-corrected chi connectivity index (χ1v) is 2.73. The van der Waals surface area contributed by atoms with Crippen LogP contribution in [0, 0.1) is 0 Å². The smallest absolute Gasteiger partial charge is 0.303 e. The Labute approximate surface area is 69.1 Å². The van der Waals surface area contributed by atoms with Crippen LogP contribution >= 0.6 is 0 Å². The molecule has 0 saturated heterocycles. The van der Waals surface area contributed by atoms with Crippen molar-refractivity contribution in [1.29, 1.82) is 0 Å². The molecule has 0 saturated carbocycles. The van der Waals surface area contributed by atoms with Crippen LogP contribution in [-0.2, 0) is 9.59 Å². The number of carboxylic acid groups (broad SMARTS) is 2. The van der Waals surface area contributed by atoms with Crippen molar-refractivity contribution in [3.63, 3.8) is 0 Å². The minimum absolute atomic E-state index is 0.296. The topological polar surface area (TPSA) is 179 Å². The van der Waals surface area contributed by atoms with E-state index in [1.54, 1.807) is 0 Å². The number of hydrogen-bond donors (Lipinski definition) is 6. The normalized spacial score (nSPS) is 6.67. The Bertz CT molecular complexity index is 104. The van der Waals surface area contributed by atoms with E-state index in [4.69, 9.17) is 10.2 Å². The molecule has 0 unspecified atom stereocenters. The second-order valence-corrected chi connectivity index (χ2v) is 1.29. The van der Waals surface area contributed by atoms with Gasteiger partial charge < -0.3 is 10.2 Å². The first kappa shape index (κ1) is 17.0. The lowest BCUT2D eigenvalue weighted by molar-refractivity contribution is -0.143. The zero-order valence-corrected chi connectivity index (χ0v) is 6.43. The molecule has 0 aliphatic heterocycles. The molecule has 0 aromatic heterocycles. The highest BCUT2D eigenvalue weighted by Gasteiger charge is 2.00. The molecular weight excluding hydrogens is 168 g/mol. The minimum atomic E-state index is -1.08. The summed E-state index contributed by atoms with van der Waals surface area (Å²) >= 11 is 0. The van der Waals surface area contributed by atoms with Crippen LogP contribution in [0.1, 0.15) is 12.8 Å². The van der Waals surface area contributed by atoms with Crippen LogP contribution in [0.25, 0.3) is 0 Å². The average Bonchev–Trinajstić information content (AvgIpc) is 2.08. The molecule has 0 atom stereocenters. The third-order valence-electron chi connectivity index (χ3n) is 0.553. The van der Waals surface area contributed by atoms with E-state index in [1.807, 2.05) is 0 Å². The fourth-order valence-corrected chi connectivity index (χ4v) is 0.214. The standard InChI is InChI=1S/C4H6O4.2H4N2/c5-3(6)1-2-4(7)8;2*1-2/h1-2H2,(H,5,6)(H,7,8);2*1-2H2. The molecule has 8 nitrogen and oxygen atoms in total.